The standard InChI is InChI=1S/C22H20Cl2N2O3S/c1-15-13-18(24)9-12-20(15)25-22(27)21(14-16-5-3-2-4-6-16)26-30(28,29)19-10-7-17(23)8-11-19/h2-13,21,26H,14H2,1H3,(H,25,27)/t21-/m0/s1. The number of halogens is 2. The lowest BCUT2D eigenvalue weighted by atomic mass is 10.1. The van der Waals surface area contributed by atoms with Crippen molar-refractivity contribution in [3.63, 3.8) is 0 Å². The monoisotopic (exact) mass is 462 g/mol. The van der Waals surface area contributed by atoms with E-state index in [2.05, 4.69) is 10.0 Å². The van der Waals surface area contributed by atoms with E-state index >= 15 is 0 Å². The van der Waals surface area contributed by atoms with E-state index in [0.29, 0.717) is 15.7 Å². The summed E-state index contributed by atoms with van der Waals surface area (Å²) in [5.41, 5.74) is 2.16. The number of rotatable bonds is 7. The van der Waals surface area contributed by atoms with Crippen LogP contribution in [-0.2, 0) is 21.2 Å². The molecule has 3 aromatic rings. The Labute approximate surface area is 186 Å². The van der Waals surface area contributed by atoms with Crippen molar-refractivity contribution in [2.75, 3.05) is 5.32 Å². The second kappa shape index (κ2) is 9.62. The zero-order valence-corrected chi connectivity index (χ0v) is 18.4. The third-order valence-corrected chi connectivity index (χ3v) is 6.44. The van der Waals surface area contributed by atoms with Crippen LogP contribution in [0.3, 0.4) is 0 Å². The molecule has 5 nitrogen and oxygen atoms in total. The Balaban J connectivity index is 1.87. The van der Waals surface area contributed by atoms with Gasteiger partial charge in [0.05, 0.1) is 4.90 Å². The van der Waals surface area contributed by atoms with E-state index in [4.69, 9.17) is 23.2 Å². The molecule has 0 aromatic heterocycles. The maximum Gasteiger partial charge on any atom is 0.242 e. The molecule has 0 unspecified atom stereocenters. The van der Waals surface area contributed by atoms with E-state index in [9.17, 15) is 13.2 Å². The number of aryl methyl sites for hydroxylation is 1. The lowest BCUT2D eigenvalue weighted by Crippen LogP contribution is -2.45. The van der Waals surface area contributed by atoms with Gasteiger partial charge in [0, 0.05) is 15.7 Å². The van der Waals surface area contributed by atoms with Crippen molar-refractivity contribution in [1.29, 1.82) is 0 Å². The van der Waals surface area contributed by atoms with Crippen molar-refractivity contribution in [2.45, 2.75) is 24.3 Å². The predicted octanol–water partition coefficient (Wildman–Crippen LogP) is 4.83. The molecule has 0 saturated heterocycles. The fraction of sp³-hybridized carbons (Fsp3) is 0.136. The molecule has 0 aliphatic heterocycles. The number of anilines is 1. The normalized spacial score (nSPS) is 12.4. The van der Waals surface area contributed by atoms with E-state index < -0.39 is 22.0 Å². The van der Waals surface area contributed by atoms with Crippen LogP contribution in [-0.4, -0.2) is 20.4 Å². The summed E-state index contributed by atoms with van der Waals surface area (Å²) in [6.45, 7) is 1.81. The van der Waals surface area contributed by atoms with Gasteiger partial charge in [0.15, 0.2) is 0 Å². The van der Waals surface area contributed by atoms with Crippen LogP contribution in [0.1, 0.15) is 11.1 Å². The average molecular weight is 463 g/mol. The predicted molar refractivity (Wildman–Crippen MR) is 121 cm³/mol. The van der Waals surface area contributed by atoms with Crippen LogP contribution in [0.5, 0.6) is 0 Å². The molecule has 0 heterocycles. The number of benzene rings is 3. The van der Waals surface area contributed by atoms with E-state index in [1.165, 1.54) is 24.3 Å². The van der Waals surface area contributed by atoms with Crippen molar-refractivity contribution in [3.05, 3.63) is 94.0 Å². The Morgan fingerprint density at radius 2 is 1.57 bits per heavy atom. The number of amides is 1. The Morgan fingerprint density at radius 1 is 0.933 bits per heavy atom. The number of sulfonamides is 1. The lowest BCUT2D eigenvalue weighted by molar-refractivity contribution is -0.117. The van der Waals surface area contributed by atoms with Crippen molar-refractivity contribution in [2.24, 2.45) is 0 Å². The first-order valence-corrected chi connectivity index (χ1v) is 11.4. The van der Waals surface area contributed by atoms with Crippen LogP contribution in [0, 0.1) is 6.92 Å². The third-order valence-electron chi connectivity index (χ3n) is 4.47. The molecule has 156 valence electrons. The molecule has 2 N–H and O–H groups in total. The SMILES string of the molecule is Cc1cc(Cl)ccc1NC(=O)[C@H](Cc1ccccc1)NS(=O)(=O)c1ccc(Cl)cc1. The van der Waals surface area contributed by atoms with Gasteiger partial charge in [0.2, 0.25) is 15.9 Å². The Kier molecular flexibility index (Phi) is 7.15. The average Bonchev–Trinajstić information content (AvgIpc) is 2.70. The molecular formula is C22H20Cl2N2O3S. The van der Waals surface area contributed by atoms with Crippen LogP contribution in [0.15, 0.2) is 77.7 Å². The van der Waals surface area contributed by atoms with Gasteiger partial charge in [0.1, 0.15) is 6.04 Å². The second-order valence-electron chi connectivity index (χ2n) is 6.77. The van der Waals surface area contributed by atoms with Crippen LogP contribution < -0.4 is 10.0 Å². The second-order valence-corrected chi connectivity index (χ2v) is 9.35. The Morgan fingerprint density at radius 3 is 2.20 bits per heavy atom. The van der Waals surface area contributed by atoms with Gasteiger partial charge in [-0.2, -0.15) is 4.72 Å². The van der Waals surface area contributed by atoms with Gasteiger partial charge in [-0.3, -0.25) is 4.79 Å². The molecule has 0 aliphatic rings. The summed E-state index contributed by atoms with van der Waals surface area (Å²) in [7, 11) is -3.94. The molecule has 0 spiro atoms. The Hall–Kier alpha value is -2.38. The molecule has 1 amide bonds. The number of hydrogen-bond donors (Lipinski definition) is 2. The summed E-state index contributed by atoms with van der Waals surface area (Å²) in [4.78, 5) is 13.1. The molecule has 0 aliphatic carbocycles. The van der Waals surface area contributed by atoms with Gasteiger partial charge >= 0.3 is 0 Å². The number of nitrogens with one attached hydrogen (secondary N) is 2. The molecule has 3 rings (SSSR count). The number of carbonyl (C=O) groups is 1. The summed E-state index contributed by atoms with van der Waals surface area (Å²) in [6.07, 6.45) is 0.187. The largest absolute Gasteiger partial charge is 0.324 e. The quantitative estimate of drug-likeness (QED) is 0.527. The van der Waals surface area contributed by atoms with Crippen molar-refractivity contribution >= 4 is 44.8 Å². The summed E-state index contributed by atoms with van der Waals surface area (Å²) >= 11 is 11.8. The fourth-order valence-corrected chi connectivity index (χ4v) is 4.44. The van der Waals surface area contributed by atoms with Crippen LogP contribution in [0.4, 0.5) is 5.69 Å². The minimum Gasteiger partial charge on any atom is -0.324 e. The first-order chi connectivity index (χ1) is 14.2. The zero-order valence-electron chi connectivity index (χ0n) is 16.1. The minimum absolute atomic E-state index is 0.0282. The van der Waals surface area contributed by atoms with Crippen LogP contribution >= 0.6 is 23.2 Å². The number of carbonyl (C=O) groups excluding carboxylic acids is 1. The van der Waals surface area contributed by atoms with Gasteiger partial charge in [0.25, 0.3) is 0 Å². The topological polar surface area (TPSA) is 75.3 Å². The number of hydrogen-bond acceptors (Lipinski definition) is 3. The van der Waals surface area contributed by atoms with Crippen LogP contribution in [0.25, 0.3) is 0 Å². The molecule has 3 aromatic carbocycles. The van der Waals surface area contributed by atoms with Gasteiger partial charge in [-0.05, 0) is 66.9 Å². The molecule has 30 heavy (non-hydrogen) atoms. The minimum atomic E-state index is -3.94. The van der Waals surface area contributed by atoms with Gasteiger partial charge < -0.3 is 5.32 Å². The highest BCUT2D eigenvalue weighted by Crippen LogP contribution is 2.21. The summed E-state index contributed by atoms with van der Waals surface area (Å²) in [6, 6.07) is 19.0. The molecule has 1 atom stereocenters. The fourth-order valence-electron chi connectivity index (χ4n) is 2.89. The Bertz CT molecular complexity index is 1130. The molecule has 0 fully saturated rings. The molecule has 0 bridgehead atoms. The zero-order chi connectivity index (χ0) is 21.7. The summed E-state index contributed by atoms with van der Waals surface area (Å²) < 4.78 is 28.2. The van der Waals surface area contributed by atoms with E-state index in [1.807, 2.05) is 37.3 Å². The highest BCUT2D eigenvalue weighted by atomic mass is 35.5. The maximum absolute atomic E-state index is 13.0. The van der Waals surface area contributed by atoms with Crippen molar-refractivity contribution in [3.8, 4) is 0 Å². The first kappa shape index (κ1) is 22.3. The van der Waals surface area contributed by atoms with Crippen LogP contribution in [0.2, 0.25) is 10.0 Å². The first-order valence-electron chi connectivity index (χ1n) is 9.13. The van der Waals surface area contributed by atoms with Gasteiger partial charge in [-0.15, -0.1) is 0 Å². The molecule has 0 saturated carbocycles. The van der Waals surface area contributed by atoms with Gasteiger partial charge in [-0.25, -0.2) is 8.42 Å². The van der Waals surface area contributed by atoms with Gasteiger partial charge in [-0.1, -0.05) is 53.5 Å². The summed E-state index contributed by atoms with van der Waals surface area (Å²) in [5.74, 6) is -0.471. The van der Waals surface area contributed by atoms with E-state index in [1.54, 1.807) is 18.2 Å². The summed E-state index contributed by atoms with van der Waals surface area (Å²) in [5, 5.41) is 3.77. The smallest absolute Gasteiger partial charge is 0.242 e. The third kappa shape index (κ3) is 5.83. The highest BCUT2D eigenvalue weighted by molar-refractivity contribution is 7.89. The lowest BCUT2D eigenvalue weighted by Gasteiger charge is -2.19. The highest BCUT2D eigenvalue weighted by Gasteiger charge is 2.26. The van der Waals surface area contributed by atoms with Crippen molar-refractivity contribution < 1.29 is 13.2 Å². The molecule has 0 radical (unpaired) electrons. The van der Waals surface area contributed by atoms with Crippen molar-refractivity contribution in [1.82, 2.24) is 4.72 Å². The molecular weight excluding hydrogens is 443 g/mol. The van der Waals surface area contributed by atoms with E-state index in [-0.39, 0.29) is 11.3 Å². The maximum atomic E-state index is 13.0. The van der Waals surface area contributed by atoms with E-state index in [0.717, 1.165) is 11.1 Å². The molecule has 8 heteroatoms.